The normalized spacial score (nSPS) is 12.4. The van der Waals surface area contributed by atoms with Crippen molar-refractivity contribution in [2.24, 2.45) is 0 Å². The van der Waals surface area contributed by atoms with Gasteiger partial charge in [0.25, 0.3) is 0 Å². The molecule has 0 fully saturated rings. The summed E-state index contributed by atoms with van der Waals surface area (Å²) in [6.45, 7) is 4.47. The summed E-state index contributed by atoms with van der Waals surface area (Å²) >= 11 is 0. The Morgan fingerprint density at radius 1 is 1.59 bits per heavy atom. The van der Waals surface area contributed by atoms with E-state index in [1.54, 1.807) is 0 Å². The van der Waals surface area contributed by atoms with Crippen molar-refractivity contribution in [2.75, 3.05) is 12.3 Å². The Kier molecular flexibility index (Phi) is 4.84. The first-order valence-electron chi connectivity index (χ1n) is 5.57. The number of anilines is 1. The molecule has 1 aromatic heterocycles. The van der Waals surface area contributed by atoms with Crippen LogP contribution in [-0.4, -0.2) is 27.7 Å². The topological polar surface area (TPSA) is 98.3 Å². The van der Waals surface area contributed by atoms with Crippen molar-refractivity contribution in [1.29, 1.82) is 0 Å². The van der Waals surface area contributed by atoms with Gasteiger partial charge in [-0.2, -0.15) is 0 Å². The highest BCUT2D eigenvalue weighted by molar-refractivity contribution is 5.92. The number of hydrogen-bond donors (Lipinski definition) is 2. The Bertz CT molecular complexity index is 390. The van der Waals surface area contributed by atoms with Crippen LogP contribution in [0, 0.1) is 0 Å². The van der Waals surface area contributed by atoms with Crippen LogP contribution >= 0.6 is 0 Å². The van der Waals surface area contributed by atoms with E-state index in [9.17, 15) is 4.79 Å². The van der Waals surface area contributed by atoms with E-state index in [0.29, 0.717) is 12.4 Å². The zero-order valence-corrected chi connectivity index (χ0v) is 10.0. The van der Waals surface area contributed by atoms with Gasteiger partial charge in [-0.25, -0.2) is 14.8 Å². The van der Waals surface area contributed by atoms with Gasteiger partial charge in [0.15, 0.2) is 5.82 Å². The van der Waals surface area contributed by atoms with E-state index < -0.39 is 5.97 Å². The van der Waals surface area contributed by atoms with Crippen molar-refractivity contribution >= 4 is 11.8 Å². The SMILES string of the molecule is CCCC(OCC)c1ncc(C(=O)O)c(N)n1. The van der Waals surface area contributed by atoms with Crippen LogP contribution in [0.3, 0.4) is 0 Å². The van der Waals surface area contributed by atoms with Crippen LogP contribution in [0.2, 0.25) is 0 Å². The van der Waals surface area contributed by atoms with E-state index in [1.807, 2.05) is 13.8 Å². The van der Waals surface area contributed by atoms with E-state index in [2.05, 4.69) is 9.97 Å². The van der Waals surface area contributed by atoms with Gasteiger partial charge in [-0.05, 0) is 13.3 Å². The van der Waals surface area contributed by atoms with Crippen LogP contribution in [-0.2, 0) is 4.74 Å². The molecule has 1 unspecified atom stereocenters. The Morgan fingerprint density at radius 2 is 2.29 bits per heavy atom. The molecule has 0 amide bonds. The number of carbonyl (C=O) groups is 1. The van der Waals surface area contributed by atoms with Crippen molar-refractivity contribution in [3.8, 4) is 0 Å². The Hall–Kier alpha value is -1.69. The van der Waals surface area contributed by atoms with Crippen LogP contribution in [0.25, 0.3) is 0 Å². The molecular weight excluding hydrogens is 222 g/mol. The van der Waals surface area contributed by atoms with Crippen molar-refractivity contribution in [2.45, 2.75) is 32.8 Å². The van der Waals surface area contributed by atoms with Crippen LogP contribution in [0.15, 0.2) is 6.20 Å². The third kappa shape index (κ3) is 3.39. The number of hydrogen-bond acceptors (Lipinski definition) is 5. The molecule has 0 aliphatic carbocycles. The van der Waals surface area contributed by atoms with Crippen molar-refractivity contribution in [3.63, 3.8) is 0 Å². The number of ether oxygens (including phenoxy) is 1. The first kappa shape index (κ1) is 13.4. The maximum Gasteiger partial charge on any atom is 0.341 e. The molecule has 0 bridgehead atoms. The van der Waals surface area contributed by atoms with E-state index in [1.165, 1.54) is 6.20 Å². The van der Waals surface area contributed by atoms with Gasteiger partial charge in [-0.1, -0.05) is 13.3 Å². The zero-order valence-electron chi connectivity index (χ0n) is 10.0. The number of rotatable bonds is 6. The molecule has 0 saturated heterocycles. The minimum absolute atomic E-state index is 0.0247. The van der Waals surface area contributed by atoms with Crippen LogP contribution in [0.4, 0.5) is 5.82 Å². The maximum absolute atomic E-state index is 10.8. The molecule has 0 radical (unpaired) electrons. The molecule has 0 aliphatic rings. The average molecular weight is 239 g/mol. The Balaban J connectivity index is 2.97. The highest BCUT2D eigenvalue weighted by Gasteiger charge is 2.17. The molecule has 1 aromatic rings. The smallest absolute Gasteiger partial charge is 0.341 e. The van der Waals surface area contributed by atoms with Crippen LogP contribution < -0.4 is 5.73 Å². The summed E-state index contributed by atoms with van der Waals surface area (Å²) in [4.78, 5) is 18.8. The van der Waals surface area contributed by atoms with Gasteiger partial charge in [0.05, 0.1) is 0 Å². The van der Waals surface area contributed by atoms with E-state index >= 15 is 0 Å². The van der Waals surface area contributed by atoms with Gasteiger partial charge in [-0.3, -0.25) is 0 Å². The summed E-state index contributed by atoms with van der Waals surface area (Å²) in [5, 5.41) is 8.81. The summed E-state index contributed by atoms with van der Waals surface area (Å²) in [6.07, 6.45) is 2.70. The molecule has 0 aliphatic heterocycles. The number of nitrogen functional groups attached to an aromatic ring is 1. The predicted molar refractivity (Wildman–Crippen MR) is 62.7 cm³/mol. The van der Waals surface area contributed by atoms with E-state index in [-0.39, 0.29) is 17.5 Å². The summed E-state index contributed by atoms with van der Waals surface area (Å²) in [6, 6.07) is 0. The fourth-order valence-electron chi connectivity index (χ4n) is 1.48. The number of aromatic nitrogens is 2. The second-order valence-corrected chi connectivity index (χ2v) is 3.56. The molecule has 6 nitrogen and oxygen atoms in total. The maximum atomic E-state index is 10.8. The summed E-state index contributed by atoms with van der Waals surface area (Å²) in [5.74, 6) is -0.711. The highest BCUT2D eigenvalue weighted by atomic mass is 16.5. The second-order valence-electron chi connectivity index (χ2n) is 3.56. The molecule has 17 heavy (non-hydrogen) atoms. The lowest BCUT2D eigenvalue weighted by atomic mass is 10.2. The van der Waals surface area contributed by atoms with E-state index in [4.69, 9.17) is 15.6 Å². The van der Waals surface area contributed by atoms with Gasteiger partial charge >= 0.3 is 5.97 Å². The summed E-state index contributed by atoms with van der Waals surface area (Å²) < 4.78 is 5.50. The Morgan fingerprint density at radius 3 is 2.76 bits per heavy atom. The first-order chi connectivity index (χ1) is 8.10. The second kappa shape index (κ2) is 6.15. The van der Waals surface area contributed by atoms with E-state index in [0.717, 1.165) is 12.8 Å². The fraction of sp³-hybridized carbons (Fsp3) is 0.545. The Labute approximate surface area is 99.8 Å². The molecule has 3 N–H and O–H groups in total. The molecule has 1 heterocycles. The highest BCUT2D eigenvalue weighted by Crippen LogP contribution is 2.20. The monoisotopic (exact) mass is 239 g/mol. The molecule has 94 valence electrons. The third-order valence-electron chi connectivity index (χ3n) is 2.27. The lowest BCUT2D eigenvalue weighted by Gasteiger charge is -2.15. The predicted octanol–water partition coefficient (Wildman–Crippen LogP) is 1.63. The van der Waals surface area contributed by atoms with Crippen molar-refractivity contribution < 1.29 is 14.6 Å². The molecular formula is C11H17N3O3. The molecule has 0 saturated carbocycles. The minimum atomic E-state index is -1.13. The van der Waals surface area contributed by atoms with Gasteiger partial charge in [-0.15, -0.1) is 0 Å². The fourth-order valence-corrected chi connectivity index (χ4v) is 1.48. The summed E-state index contributed by atoms with van der Waals surface area (Å²) in [5.41, 5.74) is 5.48. The van der Waals surface area contributed by atoms with Crippen LogP contribution in [0.5, 0.6) is 0 Å². The van der Waals surface area contributed by atoms with Crippen molar-refractivity contribution in [1.82, 2.24) is 9.97 Å². The number of nitrogens with zero attached hydrogens (tertiary/aromatic N) is 2. The number of carboxylic acids is 1. The lowest BCUT2D eigenvalue weighted by Crippen LogP contribution is -2.13. The van der Waals surface area contributed by atoms with Gasteiger partial charge < -0.3 is 15.6 Å². The van der Waals surface area contributed by atoms with Gasteiger partial charge in [0.1, 0.15) is 17.5 Å². The molecule has 1 atom stereocenters. The lowest BCUT2D eigenvalue weighted by molar-refractivity contribution is 0.0492. The van der Waals surface area contributed by atoms with Crippen molar-refractivity contribution in [3.05, 3.63) is 17.6 Å². The zero-order chi connectivity index (χ0) is 12.8. The molecule has 1 rings (SSSR count). The summed E-state index contributed by atoms with van der Waals surface area (Å²) in [7, 11) is 0. The van der Waals surface area contributed by atoms with Gasteiger partial charge in [0, 0.05) is 12.8 Å². The minimum Gasteiger partial charge on any atom is -0.477 e. The molecule has 6 heteroatoms. The molecule has 0 aromatic carbocycles. The third-order valence-corrected chi connectivity index (χ3v) is 2.27. The molecule has 0 spiro atoms. The first-order valence-corrected chi connectivity index (χ1v) is 5.57. The number of carboxylic acid groups (broad SMARTS) is 1. The standard InChI is InChI=1S/C11H17N3O3/c1-3-5-8(17-4-2)10-13-6-7(11(15)16)9(12)14-10/h6,8H,3-5H2,1-2H3,(H,15,16)(H2,12,13,14). The number of aromatic carboxylic acids is 1. The average Bonchev–Trinajstić information content (AvgIpc) is 2.28. The number of nitrogens with two attached hydrogens (primary N) is 1. The van der Waals surface area contributed by atoms with Crippen LogP contribution in [0.1, 0.15) is 49.0 Å². The quantitative estimate of drug-likeness (QED) is 0.782. The largest absolute Gasteiger partial charge is 0.477 e. The van der Waals surface area contributed by atoms with Gasteiger partial charge in [0.2, 0.25) is 0 Å².